The van der Waals surface area contributed by atoms with Crippen LogP contribution in [-0.4, -0.2) is 30.9 Å². The summed E-state index contributed by atoms with van der Waals surface area (Å²) in [6.45, 7) is 3.96. The van der Waals surface area contributed by atoms with Crippen LogP contribution < -0.4 is 9.47 Å². The average Bonchev–Trinajstić information content (AvgIpc) is 2.87. The lowest BCUT2D eigenvalue weighted by Gasteiger charge is -2.31. The van der Waals surface area contributed by atoms with Gasteiger partial charge >= 0.3 is 0 Å². The van der Waals surface area contributed by atoms with E-state index in [1.54, 1.807) is 50.6 Å². The van der Waals surface area contributed by atoms with Gasteiger partial charge in [-0.25, -0.2) is 0 Å². The van der Waals surface area contributed by atoms with Gasteiger partial charge in [0.25, 0.3) is 11.8 Å². The van der Waals surface area contributed by atoms with Gasteiger partial charge in [0.15, 0.2) is 0 Å². The van der Waals surface area contributed by atoms with E-state index in [0.29, 0.717) is 22.6 Å². The minimum Gasteiger partial charge on any atom is -0.497 e. The first kappa shape index (κ1) is 17.0. The van der Waals surface area contributed by atoms with Crippen molar-refractivity contribution in [3.05, 3.63) is 59.2 Å². The van der Waals surface area contributed by atoms with Crippen molar-refractivity contribution in [1.82, 2.24) is 4.90 Å². The highest BCUT2D eigenvalue weighted by Gasteiger charge is 2.42. The van der Waals surface area contributed by atoms with E-state index in [1.807, 2.05) is 19.9 Å². The Morgan fingerprint density at radius 3 is 1.96 bits per heavy atom. The van der Waals surface area contributed by atoms with E-state index in [-0.39, 0.29) is 17.7 Å². The molecule has 0 fully saturated rings. The van der Waals surface area contributed by atoms with Crippen LogP contribution in [0.2, 0.25) is 0 Å². The number of nitrogens with zero attached hydrogens (tertiary/aromatic N) is 1. The number of benzene rings is 2. The average molecular weight is 339 g/mol. The van der Waals surface area contributed by atoms with Crippen LogP contribution in [0.1, 0.15) is 46.2 Å². The van der Waals surface area contributed by atoms with Gasteiger partial charge in [-0.1, -0.05) is 26.0 Å². The molecule has 0 bridgehead atoms. The highest BCUT2D eigenvalue weighted by molar-refractivity contribution is 6.21. The molecule has 0 N–H and O–H groups in total. The molecular weight excluding hydrogens is 318 g/mol. The Labute approximate surface area is 147 Å². The van der Waals surface area contributed by atoms with E-state index in [9.17, 15) is 9.59 Å². The Morgan fingerprint density at radius 1 is 0.880 bits per heavy atom. The van der Waals surface area contributed by atoms with Crippen LogP contribution in [0.15, 0.2) is 42.5 Å². The van der Waals surface area contributed by atoms with E-state index in [2.05, 4.69) is 0 Å². The lowest BCUT2D eigenvalue weighted by atomic mass is 9.93. The molecule has 5 heteroatoms. The molecule has 5 nitrogen and oxygen atoms in total. The number of methoxy groups -OCH3 is 2. The standard InChI is InChI=1S/C20H21NO4/c1-12(2)18(16-11-13(24-3)9-10-17(16)25-4)21-19(22)14-7-5-6-8-15(14)20(21)23/h5-12,18H,1-4H3. The van der Waals surface area contributed by atoms with Crippen molar-refractivity contribution in [3.63, 3.8) is 0 Å². The van der Waals surface area contributed by atoms with Crippen molar-refractivity contribution in [2.24, 2.45) is 5.92 Å². The molecule has 0 spiro atoms. The number of carbonyl (C=O) groups is 2. The van der Waals surface area contributed by atoms with Gasteiger partial charge in [0.05, 0.1) is 31.4 Å². The molecule has 0 saturated carbocycles. The van der Waals surface area contributed by atoms with Crippen molar-refractivity contribution < 1.29 is 19.1 Å². The Hall–Kier alpha value is -2.82. The van der Waals surface area contributed by atoms with Crippen molar-refractivity contribution in [3.8, 4) is 11.5 Å². The lowest BCUT2D eigenvalue weighted by Crippen LogP contribution is -2.37. The van der Waals surface area contributed by atoms with E-state index >= 15 is 0 Å². The first-order valence-electron chi connectivity index (χ1n) is 8.18. The Kier molecular flexibility index (Phi) is 4.49. The number of imide groups is 1. The number of hydrogen-bond donors (Lipinski definition) is 0. The minimum absolute atomic E-state index is 0.00298. The van der Waals surface area contributed by atoms with Crippen LogP contribution in [0.25, 0.3) is 0 Å². The van der Waals surface area contributed by atoms with E-state index in [0.717, 1.165) is 5.56 Å². The summed E-state index contributed by atoms with van der Waals surface area (Å²) in [5, 5.41) is 0. The molecule has 0 radical (unpaired) electrons. The number of fused-ring (bicyclic) bond motifs is 1. The lowest BCUT2D eigenvalue weighted by molar-refractivity contribution is 0.0536. The molecule has 1 atom stereocenters. The number of carbonyl (C=O) groups excluding carboxylic acids is 2. The minimum atomic E-state index is -0.447. The van der Waals surface area contributed by atoms with Gasteiger partial charge < -0.3 is 9.47 Å². The van der Waals surface area contributed by atoms with Gasteiger partial charge in [-0.15, -0.1) is 0 Å². The van der Waals surface area contributed by atoms with Crippen LogP contribution in [0.5, 0.6) is 11.5 Å². The molecule has 2 amide bonds. The second-order valence-corrected chi connectivity index (χ2v) is 6.32. The molecule has 0 aliphatic carbocycles. The number of ether oxygens (including phenoxy) is 2. The third kappa shape index (κ3) is 2.76. The number of amides is 2. The molecule has 25 heavy (non-hydrogen) atoms. The van der Waals surface area contributed by atoms with E-state index < -0.39 is 6.04 Å². The third-order valence-electron chi connectivity index (χ3n) is 4.49. The van der Waals surface area contributed by atoms with Gasteiger partial charge in [-0.2, -0.15) is 0 Å². The van der Waals surface area contributed by atoms with Crippen molar-refractivity contribution >= 4 is 11.8 Å². The van der Waals surface area contributed by atoms with Gasteiger partial charge in [-0.3, -0.25) is 14.5 Å². The normalized spacial score (nSPS) is 14.7. The molecule has 130 valence electrons. The number of rotatable bonds is 5. The van der Waals surface area contributed by atoms with Gasteiger partial charge in [0.1, 0.15) is 11.5 Å². The molecule has 1 aliphatic heterocycles. The largest absolute Gasteiger partial charge is 0.497 e. The monoisotopic (exact) mass is 339 g/mol. The van der Waals surface area contributed by atoms with Crippen molar-refractivity contribution in [1.29, 1.82) is 0 Å². The van der Waals surface area contributed by atoms with Crippen LogP contribution in [0.4, 0.5) is 0 Å². The van der Waals surface area contributed by atoms with Crippen LogP contribution in [0.3, 0.4) is 0 Å². The molecule has 0 saturated heterocycles. The molecule has 3 rings (SSSR count). The summed E-state index contributed by atoms with van der Waals surface area (Å²) in [7, 11) is 3.16. The Balaban J connectivity index is 2.13. The first-order chi connectivity index (χ1) is 12.0. The highest BCUT2D eigenvalue weighted by Crippen LogP contribution is 2.40. The summed E-state index contributed by atoms with van der Waals surface area (Å²) < 4.78 is 10.8. The van der Waals surface area contributed by atoms with Crippen molar-refractivity contribution in [2.75, 3.05) is 14.2 Å². The van der Waals surface area contributed by atoms with E-state index in [4.69, 9.17) is 9.47 Å². The third-order valence-corrected chi connectivity index (χ3v) is 4.49. The molecule has 1 heterocycles. The fourth-order valence-electron chi connectivity index (χ4n) is 3.33. The molecule has 2 aromatic carbocycles. The second-order valence-electron chi connectivity index (χ2n) is 6.32. The maximum Gasteiger partial charge on any atom is 0.262 e. The van der Waals surface area contributed by atoms with Crippen LogP contribution >= 0.6 is 0 Å². The zero-order chi connectivity index (χ0) is 18.1. The van der Waals surface area contributed by atoms with Gasteiger partial charge in [-0.05, 0) is 36.2 Å². The highest BCUT2D eigenvalue weighted by atomic mass is 16.5. The predicted octanol–water partition coefficient (Wildman–Crippen LogP) is 3.70. The maximum absolute atomic E-state index is 12.9. The zero-order valence-corrected chi connectivity index (χ0v) is 14.8. The van der Waals surface area contributed by atoms with Crippen molar-refractivity contribution in [2.45, 2.75) is 19.9 Å². The smallest absolute Gasteiger partial charge is 0.262 e. The molecular formula is C20H21NO4. The molecule has 0 aromatic heterocycles. The predicted molar refractivity (Wildman–Crippen MR) is 94.1 cm³/mol. The summed E-state index contributed by atoms with van der Waals surface area (Å²) in [4.78, 5) is 27.2. The second kappa shape index (κ2) is 6.59. The van der Waals surface area contributed by atoms with Gasteiger partial charge in [0.2, 0.25) is 0 Å². The molecule has 1 unspecified atom stereocenters. The van der Waals surface area contributed by atoms with Gasteiger partial charge in [0, 0.05) is 5.56 Å². The quantitative estimate of drug-likeness (QED) is 0.780. The van der Waals surface area contributed by atoms with E-state index in [1.165, 1.54) is 4.90 Å². The zero-order valence-electron chi connectivity index (χ0n) is 14.8. The SMILES string of the molecule is COc1ccc(OC)c(C(C(C)C)N2C(=O)c3ccccc3C2=O)c1. The summed E-state index contributed by atoms with van der Waals surface area (Å²) in [6.07, 6.45) is 0. The summed E-state index contributed by atoms with van der Waals surface area (Å²) in [6, 6.07) is 11.9. The fourth-order valence-corrected chi connectivity index (χ4v) is 3.33. The number of hydrogen-bond acceptors (Lipinski definition) is 4. The Bertz CT molecular complexity index is 793. The maximum atomic E-state index is 12.9. The summed E-state index contributed by atoms with van der Waals surface area (Å²) >= 11 is 0. The van der Waals surface area contributed by atoms with Crippen LogP contribution in [0, 0.1) is 5.92 Å². The fraction of sp³-hybridized carbons (Fsp3) is 0.300. The molecule has 1 aliphatic rings. The van der Waals surface area contributed by atoms with Crippen LogP contribution in [-0.2, 0) is 0 Å². The first-order valence-corrected chi connectivity index (χ1v) is 8.18. The summed E-state index contributed by atoms with van der Waals surface area (Å²) in [5.41, 5.74) is 1.64. The Morgan fingerprint density at radius 2 is 1.48 bits per heavy atom. The topological polar surface area (TPSA) is 55.8 Å². The molecule has 2 aromatic rings. The summed E-state index contributed by atoms with van der Waals surface area (Å²) in [5.74, 6) is 0.727.